The molecule has 3 aliphatic rings. The number of hydrogen-bond donors (Lipinski definition) is 2. The first-order chi connectivity index (χ1) is 16.8. The lowest BCUT2D eigenvalue weighted by atomic mass is 9.81. The Balaban J connectivity index is 1.18. The second-order valence-electron chi connectivity index (χ2n) is 10.3. The van der Waals surface area contributed by atoms with Gasteiger partial charge >= 0.3 is 12.1 Å². The van der Waals surface area contributed by atoms with Gasteiger partial charge in [-0.2, -0.15) is 0 Å². The molecule has 2 fully saturated rings. The fourth-order valence-electron chi connectivity index (χ4n) is 6.26. The number of nitrogens with one attached hydrogen (secondary N) is 1. The number of carboxylic acids is 1. The van der Waals surface area contributed by atoms with Crippen LogP contribution in [0.3, 0.4) is 0 Å². The first-order valence-electron chi connectivity index (χ1n) is 12.5. The lowest BCUT2D eigenvalue weighted by Crippen LogP contribution is -2.46. The van der Waals surface area contributed by atoms with E-state index in [-0.39, 0.29) is 30.9 Å². The normalized spacial score (nSPS) is 24.3. The number of rotatable bonds is 6. The van der Waals surface area contributed by atoms with E-state index in [9.17, 15) is 19.5 Å². The molecule has 7 heteroatoms. The minimum Gasteiger partial charge on any atom is -0.481 e. The third kappa shape index (κ3) is 3.97. The number of fused-ring (bicyclic) bond motifs is 4. The van der Waals surface area contributed by atoms with Gasteiger partial charge in [0.2, 0.25) is 5.91 Å². The van der Waals surface area contributed by atoms with Crippen LogP contribution in [0, 0.1) is 17.3 Å². The molecule has 4 atom stereocenters. The first kappa shape index (κ1) is 23.4. The number of alkyl carbamates (subject to hydrolysis) is 1. The number of carbonyl (C=O) groups is 3. The number of likely N-dealkylation sites (tertiary alicyclic amines) is 1. The van der Waals surface area contributed by atoms with Gasteiger partial charge in [0.1, 0.15) is 6.61 Å². The third-order valence-electron chi connectivity index (χ3n) is 8.44. The smallest absolute Gasteiger partial charge is 0.407 e. The van der Waals surface area contributed by atoms with Crippen molar-refractivity contribution in [1.29, 1.82) is 0 Å². The van der Waals surface area contributed by atoms with Crippen molar-refractivity contribution in [2.45, 2.75) is 45.1 Å². The first-order valence-corrected chi connectivity index (χ1v) is 12.5. The molecular weight excluding hydrogens is 444 g/mol. The van der Waals surface area contributed by atoms with Crippen LogP contribution in [0.25, 0.3) is 11.1 Å². The molecule has 2 aliphatic carbocycles. The molecule has 0 spiro atoms. The van der Waals surface area contributed by atoms with Crippen molar-refractivity contribution < 1.29 is 24.2 Å². The summed E-state index contributed by atoms with van der Waals surface area (Å²) in [5.74, 6) is -1.42. The van der Waals surface area contributed by atoms with Gasteiger partial charge in [-0.15, -0.1) is 0 Å². The molecule has 2 N–H and O–H groups in total. The Morgan fingerprint density at radius 1 is 1.09 bits per heavy atom. The van der Waals surface area contributed by atoms with Crippen molar-refractivity contribution in [2.24, 2.45) is 17.3 Å². The van der Waals surface area contributed by atoms with E-state index in [1.807, 2.05) is 24.3 Å². The maximum atomic E-state index is 13.1. The molecule has 5 rings (SSSR count). The molecule has 184 valence electrons. The van der Waals surface area contributed by atoms with E-state index >= 15 is 0 Å². The quantitative estimate of drug-likeness (QED) is 0.649. The molecule has 2 amide bonds. The van der Waals surface area contributed by atoms with E-state index in [2.05, 4.69) is 29.6 Å². The van der Waals surface area contributed by atoms with E-state index < -0.39 is 29.4 Å². The van der Waals surface area contributed by atoms with Gasteiger partial charge in [0.05, 0.1) is 11.3 Å². The van der Waals surface area contributed by atoms with Crippen LogP contribution in [0.5, 0.6) is 0 Å². The van der Waals surface area contributed by atoms with Crippen molar-refractivity contribution in [3.05, 3.63) is 59.7 Å². The SMILES string of the molecule is CC(NC(=O)OCC1c2ccccc2-c2ccccc21)C(C)C(=O)N1CC2CCCC2(C(=O)O)C1. The van der Waals surface area contributed by atoms with E-state index in [0.29, 0.717) is 13.0 Å². The minimum atomic E-state index is -0.807. The van der Waals surface area contributed by atoms with Gasteiger partial charge in [-0.3, -0.25) is 9.59 Å². The summed E-state index contributed by atoms with van der Waals surface area (Å²) in [6, 6.07) is 15.9. The Morgan fingerprint density at radius 3 is 2.31 bits per heavy atom. The summed E-state index contributed by atoms with van der Waals surface area (Å²) in [6.45, 7) is 4.51. The summed E-state index contributed by atoms with van der Waals surface area (Å²) in [5, 5.41) is 12.6. The highest BCUT2D eigenvalue weighted by Gasteiger charge is 2.56. The molecule has 2 aromatic rings. The standard InChI is InChI=1S/C28H32N2O5/c1-17(25(31)30-14-19-8-7-13-28(19,16-30)26(32)33)18(2)29-27(34)35-15-24-22-11-5-3-9-20(22)21-10-4-6-12-23(21)24/h3-6,9-12,17-19,24H,7-8,13-16H2,1-2H3,(H,29,34)(H,32,33). The van der Waals surface area contributed by atoms with E-state index in [0.717, 1.165) is 24.0 Å². The molecule has 4 unspecified atom stereocenters. The zero-order chi connectivity index (χ0) is 24.7. The maximum absolute atomic E-state index is 13.1. The van der Waals surface area contributed by atoms with Crippen LogP contribution in [0.1, 0.15) is 50.2 Å². The molecule has 0 bridgehead atoms. The maximum Gasteiger partial charge on any atom is 0.407 e. The second kappa shape index (κ2) is 9.02. The molecular formula is C28H32N2O5. The van der Waals surface area contributed by atoms with Crippen molar-refractivity contribution in [3.8, 4) is 11.1 Å². The van der Waals surface area contributed by atoms with Crippen molar-refractivity contribution >= 4 is 18.0 Å². The Hall–Kier alpha value is -3.35. The molecule has 7 nitrogen and oxygen atoms in total. The van der Waals surface area contributed by atoms with E-state index in [1.54, 1.807) is 18.7 Å². The monoisotopic (exact) mass is 476 g/mol. The predicted octanol–water partition coefficient (Wildman–Crippen LogP) is 4.26. The van der Waals surface area contributed by atoms with Crippen LogP contribution in [0.2, 0.25) is 0 Å². The average Bonchev–Trinajstić information content (AvgIpc) is 3.51. The lowest BCUT2D eigenvalue weighted by molar-refractivity contribution is -0.149. The van der Waals surface area contributed by atoms with Crippen LogP contribution in [0.15, 0.2) is 48.5 Å². The lowest BCUT2D eigenvalue weighted by Gasteiger charge is -2.27. The van der Waals surface area contributed by atoms with Crippen molar-refractivity contribution in [3.63, 3.8) is 0 Å². The number of carbonyl (C=O) groups excluding carboxylic acids is 2. The summed E-state index contributed by atoms with van der Waals surface area (Å²) in [7, 11) is 0. The number of carboxylic acid groups (broad SMARTS) is 1. The highest BCUT2D eigenvalue weighted by molar-refractivity contribution is 5.83. The molecule has 1 aliphatic heterocycles. The number of ether oxygens (including phenoxy) is 1. The topological polar surface area (TPSA) is 95.9 Å². The van der Waals surface area contributed by atoms with Crippen LogP contribution in [-0.2, 0) is 14.3 Å². The zero-order valence-corrected chi connectivity index (χ0v) is 20.2. The number of benzene rings is 2. The summed E-state index contributed by atoms with van der Waals surface area (Å²) in [4.78, 5) is 39.4. The van der Waals surface area contributed by atoms with E-state index in [4.69, 9.17) is 4.74 Å². The molecule has 1 heterocycles. The Bertz CT molecular complexity index is 1120. The molecule has 1 saturated heterocycles. The number of nitrogens with zero attached hydrogens (tertiary/aromatic N) is 1. The summed E-state index contributed by atoms with van der Waals surface area (Å²) >= 11 is 0. The van der Waals surface area contributed by atoms with Gasteiger partial charge in [-0.25, -0.2) is 4.79 Å². The van der Waals surface area contributed by atoms with Crippen LogP contribution >= 0.6 is 0 Å². The van der Waals surface area contributed by atoms with E-state index in [1.165, 1.54) is 11.1 Å². The molecule has 2 aromatic carbocycles. The Labute approximate surface area is 205 Å². The van der Waals surface area contributed by atoms with Gasteiger partial charge in [0, 0.05) is 25.0 Å². The Morgan fingerprint density at radius 2 is 1.71 bits per heavy atom. The summed E-state index contributed by atoms with van der Waals surface area (Å²) in [5.41, 5.74) is 3.81. The molecule has 1 saturated carbocycles. The third-order valence-corrected chi connectivity index (χ3v) is 8.44. The van der Waals surface area contributed by atoms with Crippen LogP contribution < -0.4 is 5.32 Å². The fraction of sp³-hybridized carbons (Fsp3) is 0.464. The number of hydrogen-bond acceptors (Lipinski definition) is 4. The van der Waals surface area contributed by atoms with Gasteiger partial charge < -0.3 is 20.1 Å². The van der Waals surface area contributed by atoms with Crippen molar-refractivity contribution in [1.82, 2.24) is 10.2 Å². The zero-order valence-electron chi connectivity index (χ0n) is 20.2. The fourth-order valence-corrected chi connectivity index (χ4v) is 6.26. The number of aliphatic carboxylic acids is 1. The Kier molecular flexibility index (Phi) is 6.03. The minimum absolute atomic E-state index is 0.0153. The van der Waals surface area contributed by atoms with Gasteiger partial charge in [-0.1, -0.05) is 61.9 Å². The van der Waals surface area contributed by atoms with Crippen LogP contribution in [-0.4, -0.2) is 53.7 Å². The second-order valence-corrected chi connectivity index (χ2v) is 10.3. The molecule has 35 heavy (non-hydrogen) atoms. The average molecular weight is 477 g/mol. The number of amides is 2. The largest absolute Gasteiger partial charge is 0.481 e. The van der Waals surface area contributed by atoms with Gasteiger partial charge in [0.15, 0.2) is 0 Å². The van der Waals surface area contributed by atoms with Crippen LogP contribution in [0.4, 0.5) is 4.79 Å². The summed E-state index contributed by atoms with van der Waals surface area (Å²) < 4.78 is 5.62. The van der Waals surface area contributed by atoms with Gasteiger partial charge in [0.25, 0.3) is 0 Å². The highest BCUT2D eigenvalue weighted by Crippen LogP contribution is 2.49. The molecule has 0 radical (unpaired) electrons. The highest BCUT2D eigenvalue weighted by atomic mass is 16.5. The molecule has 0 aromatic heterocycles. The predicted molar refractivity (Wildman–Crippen MR) is 131 cm³/mol. The summed E-state index contributed by atoms with van der Waals surface area (Å²) in [6.07, 6.45) is 1.81. The van der Waals surface area contributed by atoms with Gasteiger partial charge in [-0.05, 0) is 47.9 Å². The van der Waals surface area contributed by atoms with Crippen molar-refractivity contribution in [2.75, 3.05) is 19.7 Å².